The van der Waals surface area contributed by atoms with E-state index in [0.717, 1.165) is 31.2 Å². The van der Waals surface area contributed by atoms with E-state index in [-0.39, 0.29) is 5.92 Å². The zero-order valence-electron chi connectivity index (χ0n) is 11.3. The molecular formula is C15H20N2O3. The smallest absolute Gasteiger partial charge is 0.306 e. The minimum atomic E-state index is -0.683. The summed E-state index contributed by atoms with van der Waals surface area (Å²) >= 11 is 0. The minimum Gasteiger partial charge on any atom is -0.481 e. The molecule has 1 aromatic rings. The monoisotopic (exact) mass is 276 g/mol. The summed E-state index contributed by atoms with van der Waals surface area (Å²) in [6, 6.07) is 7.60. The average Bonchev–Trinajstić information content (AvgIpc) is 2.46. The van der Waals surface area contributed by atoms with Crippen LogP contribution in [0.2, 0.25) is 0 Å². The molecule has 0 heterocycles. The van der Waals surface area contributed by atoms with Crippen molar-refractivity contribution in [2.24, 2.45) is 11.7 Å². The maximum absolute atomic E-state index is 11.1. The molecule has 1 amide bonds. The Hall–Kier alpha value is -1.88. The summed E-state index contributed by atoms with van der Waals surface area (Å²) in [7, 11) is 0. The molecule has 5 nitrogen and oxygen atoms in total. The van der Waals surface area contributed by atoms with E-state index in [1.54, 1.807) is 12.1 Å². The molecule has 0 unspecified atom stereocenters. The van der Waals surface area contributed by atoms with Gasteiger partial charge >= 0.3 is 5.97 Å². The van der Waals surface area contributed by atoms with Crippen LogP contribution in [-0.4, -0.2) is 23.0 Å². The molecule has 1 saturated carbocycles. The van der Waals surface area contributed by atoms with Crippen molar-refractivity contribution in [2.75, 3.05) is 0 Å². The SMILES string of the molecule is NC(=O)c1cccc(CNC2CCC(C(=O)O)CC2)c1. The molecule has 0 saturated heterocycles. The van der Waals surface area contributed by atoms with Crippen molar-refractivity contribution in [2.45, 2.75) is 38.3 Å². The van der Waals surface area contributed by atoms with Gasteiger partial charge in [0.25, 0.3) is 0 Å². The van der Waals surface area contributed by atoms with Crippen LogP contribution < -0.4 is 11.1 Å². The van der Waals surface area contributed by atoms with Gasteiger partial charge in [-0.2, -0.15) is 0 Å². The number of nitrogens with two attached hydrogens (primary N) is 1. The molecule has 0 aromatic heterocycles. The second kappa shape index (κ2) is 6.52. The predicted molar refractivity (Wildman–Crippen MR) is 75.2 cm³/mol. The van der Waals surface area contributed by atoms with Gasteiger partial charge in [0.05, 0.1) is 5.92 Å². The molecule has 0 bridgehead atoms. The van der Waals surface area contributed by atoms with E-state index < -0.39 is 11.9 Å². The zero-order valence-corrected chi connectivity index (χ0v) is 11.3. The van der Waals surface area contributed by atoms with Gasteiger partial charge in [-0.25, -0.2) is 0 Å². The Morgan fingerprint density at radius 3 is 2.55 bits per heavy atom. The number of rotatable bonds is 5. The predicted octanol–water partition coefficient (Wildman–Crippen LogP) is 1.52. The van der Waals surface area contributed by atoms with E-state index in [9.17, 15) is 9.59 Å². The number of hydrogen-bond acceptors (Lipinski definition) is 3. The Bertz CT molecular complexity index is 494. The first-order valence-corrected chi connectivity index (χ1v) is 6.91. The highest BCUT2D eigenvalue weighted by molar-refractivity contribution is 5.92. The van der Waals surface area contributed by atoms with Crippen molar-refractivity contribution < 1.29 is 14.7 Å². The van der Waals surface area contributed by atoms with Crippen molar-refractivity contribution in [3.05, 3.63) is 35.4 Å². The van der Waals surface area contributed by atoms with E-state index in [4.69, 9.17) is 10.8 Å². The van der Waals surface area contributed by atoms with Crippen LogP contribution in [0.3, 0.4) is 0 Å². The minimum absolute atomic E-state index is 0.189. The highest BCUT2D eigenvalue weighted by Crippen LogP contribution is 2.24. The van der Waals surface area contributed by atoms with Gasteiger partial charge in [-0.3, -0.25) is 9.59 Å². The molecule has 20 heavy (non-hydrogen) atoms. The molecule has 1 aliphatic carbocycles. The Morgan fingerprint density at radius 2 is 1.95 bits per heavy atom. The van der Waals surface area contributed by atoms with E-state index in [2.05, 4.69) is 5.32 Å². The fourth-order valence-corrected chi connectivity index (χ4v) is 2.64. The molecule has 1 aliphatic rings. The van der Waals surface area contributed by atoms with Gasteiger partial charge in [0.1, 0.15) is 0 Å². The molecule has 108 valence electrons. The van der Waals surface area contributed by atoms with E-state index in [1.807, 2.05) is 12.1 Å². The third-order valence-corrected chi connectivity index (χ3v) is 3.88. The molecule has 0 spiro atoms. The number of hydrogen-bond donors (Lipinski definition) is 3. The van der Waals surface area contributed by atoms with Crippen molar-refractivity contribution in [3.63, 3.8) is 0 Å². The van der Waals surface area contributed by atoms with Crippen molar-refractivity contribution in [1.29, 1.82) is 0 Å². The average molecular weight is 276 g/mol. The number of aliphatic carboxylic acids is 1. The van der Waals surface area contributed by atoms with E-state index in [0.29, 0.717) is 18.2 Å². The normalized spacial score (nSPS) is 22.4. The van der Waals surface area contributed by atoms with Crippen LogP contribution in [0.4, 0.5) is 0 Å². The molecule has 0 aliphatic heterocycles. The summed E-state index contributed by atoms with van der Waals surface area (Å²) in [6.07, 6.45) is 3.22. The standard InChI is InChI=1S/C15H20N2O3/c16-14(18)12-3-1-2-10(8-12)9-17-13-6-4-11(5-7-13)15(19)20/h1-3,8,11,13,17H,4-7,9H2,(H2,16,18)(H,19,20). The third-order valence-electron chi connectivity index (χ3n) is 3.88. The molecular weight excluding hydrogens is 256 g/mol. The Balaban J connectivity index is 1.83. The molecule has 0 radical (unpaired) electrons. The first-order valence-electron chi connectivity index (χ1n) is 6.91. The number of carbonyl (C=O) groups excluding carboxylic acids is 1. The van der Waals surface area contributed by atoms with Crippen molar-refractivity contribution in [3.8, 4) is 0 Å². The number of carbonyl (C=O) groups is 2. The number of benzene rings is 1. The van der Waals surface area contributed by atoms with Gasteiger partial charge < -0.3 is 16.2 Å². The third kappa shape index (κ3) is 3.81. The molecule has 2 rings (SSSR count). The molecule has 5 heteroatoms. The molecule has 4 N–H and O–H groups in total. The number of amides is 1. The largest absolute Gasteiger partial charge is 0.481 e. The van der Waals surface area contributed by atoms with Crippen LogP contribution in [-0.2, 0) is 11.3 Å². The maximum Gasteiger partial charge on any atom is 0.306 e. The zero-order chi connectivity index (χ0) is 14.5. The lowest BCUT2D eigenvalue weighted by Crippen LogP contribution is -2.34. The van der Waals surface area contributed by atoms with Gasteiger partial charge in [-0.15, -0.1) is 0 Å². The first-order chi connectivity index (χ1) is 9.56. The lowest BCUT2D eigenvalue weighted by molar-refractivity contribution is -0.142. The Morgan fingerprint density at radius 1 is 1.25 bits per heavy atom. The molecule has 1 fully saturated rings. The Labute approximate surface area is 118 Å². The van der Waals surface area contributed by atoms with Gasteiger partial charge in [-0.1, -0.05) is 12.1 Å². The van der Waals surface area contributed by atoms with Crippen LogP contribution >= 0.6 is 0 Å². The van der Waals surface area contributed by atoms with E-state index in [1.165, 1.54) is 0 Å². The van der Waals surface area contributed by atoms with Crippen molar-refractivity contribution in [1.82, 2.24) is 5.32 Å². The maximum atomic E-state index is 11.1. The fraction of sp³-hybridized carbons (Fsp3) is 0.467. The highest BCUT2D eigenvalue weighted by Gasteiger charge is 2.25. The van der Waals surface area contributed by atoms with Crippen LogP contribution in [0.25, 0.3) is 0 Å². The lowest BCUT2D eigenvalue weighted by atomic mass is 9.86. The lowest BCUT2D eigenvalue weighted by Gasteiger charge is -2.27. The fourth-order valence-electron chi connectivity index (χ4n) is 2.64. The van der Waals surface area contributed by atoms with Crippen molar-refractivity contribution >= 4 is 11.9 Å². The highest BCUT2D eigenvalue weighted by atomic mass is 16.4. The van der Waals surface area contributed by atoms with Gasteiger partial charge in [0, 0.05) is 18.2 Å². The second-order valence-electron chi connectivity index (χ2n) is 5.33. The Kier molecular flexibility index (Phi) is 4.74. The summed E-state index contributed by atoms with van der Waals surface area (Å²) in [5.74, 6) is -1.29. The van der Waals surface area contributed by atoms with Crippen LogP contribution in [0.5, 0.6) is 0 Å². The number of primary amides is 1. The topological polar surface area (TPSA) is 92.4 Å². The summed E-state index contributed by atoms with van der Waals surface area (Å²) in [5.41, 5.74) is 6.78. The second-order valence-corrected chi connectivity index (χ2v) is 5.33. The van der Waals surface area contributed by atoms with E-state index >= 15 is 0 Å². The van der Waals surface area contributed by atoms with Gasteiger partial charge in [-0.05, 0) is 43.4 Å². The van der Waals surface area contributed by atoms with Gasteiger partial charge in [0.2, 0.25) is 5.91 Å². The summed E-state index contributed by atoms with van der Waals surface area (Å²) < 4.78 is 0. The summed E-state index contributed by atoms with van der Waals surface area (Å²) in [5, 5.41) is 12.4. The molecule has 1 aromatic carbocycles. The van der Waals surface area contributed by atoms with Crippen LogP contribution in [0.1, 0.15) is 41.6 Å². The number of nitrogens with one attached hydrogen (secondary N) is 1. The number of carboxylic acids is 1. The molecule has 0 atom stereocenters. The number of carboxylic acid groups (broad SMARTS) is 1. The van der Waals surface area contributed by atoms with Crippen LogP contribution in [0.15, 0.2) is 24.3 Å². The summed E-state index contributed by atoms with van der Waals surface area (Å²) in [6.45, 7) is 0.670. The van der Waals surface area contributed by atoms with Crippen LogP contribution in [0, 0.1) is 5.92 Å². The van der Waals surface area contributed by atoms with Gasteiger partial charge in [0.15, 0.2) is 0 Å². The first kappa shape index (κ1) is 14.5. The quantitative estimate of drug-likeness (QED) is 0.760. The summed E-state index contributed by atoms with van der Waals surface area (Å²) in [4.78, 5) is 22.0.